The van der Waals surface area contributed by atoms with Gasteiger partial charge in [0.05, 0.1) is 18.8 Å². The first kappa shape index (κ1) is 30.8. The van der Waals surface area contributed by atoms with Gasteiger partial charge in [0.25, 0.3) is 0 Å². The Hall–Kier alpha value is -4.72. The van der Waals surface area contributed by atoms with Crippen molar-refractivity contribution < 1.29 is 29.1 Å². The molecule has 0 radical (unpaired) electrons. The van der Waals surface area contributed by atoms with E-state index in [0.29, 0.717) is 17.7 Å². The molecule has 0 aliphatic heterocycles. The Labute approximate surface area is 236 Å². The number of hydrogen-bond donors (Lipinski definition) is 8. The van der Waals surface area contributed by atoms with E-state index < -0.39 is 60.2 Å². The Bertz CT molecular complexity index is 1370. The molecule has 220 valence electrons. The van der Waals surface area contributed by atoms with Crippen LogP contribution in [-0.4, -0.2) is 73.8 Å². The van der Waals surface area contributed by atoms with Crippen molar-refractivity contribution in [2.75, 3.05) is 0 Å². The zero-order valence-corrected chi connectivity index (χ0v) is 22.8. The summed E-state index contributed by atoms with van der Waals surface area (Å²) in [6, 6.07) is 2.38. The molecule has 0 fully saturated rings. The molecule has 0 spiro atoms. The van der Waals surface area contributed by atoms with E-state index >= 15 is 0 Å². The highest BCUT2D eigenvalue weighted by Gasteiger charge is 2.33. The number of carbonyl (C=O) groups excluding carboxylic acids is 4. The molecule has 0 saturated carbocycles. The topological polar surface area (TPSA) is 238 Å². The number of benzene rings is 1. The maximum atomic E-state index is 13.3. The molecule has 10 N–H and O–H groups in total. The van der Waals surface area contributed by atoms with E-state index in [1.165, 1.54) is 12.5 Å². The number of aromatic nitrogens is 3. The fraction of sp³-hybridized carbons (Fsp3) is 0.407. The minimum absolute atomic E-state index is 0.0535. The van der Waals surface area contributed by atoms with Crippen molar-refractivity contribution in [3.8, 4) is 0 Å². The fourth-order valence-corrected chi connectivity index (χ4v) is 4.35. The lowest BCUT2D eigenvalue weighted by atomic mass is 9.97. The molecule has 4 amide bonds. The molecule has 14 nitrogen and oxygen atoms in total. The summed E-state index contributed by atoms with van der Waals surface area (Å²) in [5.41, 5.74) is 13.4. The number of aliphatic carboxylic acids is 1. The van der Waals surface area contributed by atoms with Crippen molar-refractivity contribution in [1.29, 1.82) is 0 Å². The van der Waals surface area contributed by atoms with E-state index in [4.69, 9.17) is 11.5 Å². The number of nitrogens with one attached hydrogen (secondary N) is 5. The summed E-state index contributed by atoms with van der Waals surface area (Å²) in [6.45, 7) is 3.55. The van der Waals surface area contributed by atoms with Gasteiger partial charge in [0.15, 0.2) is 0 Å². The molecule has 0 aliphatic carbocycles. The molecule has 5 atom stereocenters. The van der Waals surface area contributed by atoms with Crippen LogP contribution in [0.1, 0.15) is 37.9 Å². The highest BCUT2D eigenvalue weighted by atomic mass is 16.4. The summed E-state index contributed by atoms with van der Waals surface area (Å²) >= 11 is 0. The third-order valence-corrected chi connectivity index (χ3v) is 6.88. The number of hydrogen-bond acceptors (Lipinski definition) is 7. The molecule has 41 heavy (non-hydrogen) atoms. The summed E-state index contributed by atoms with van der Waals surface area (Å²) in [4.78, 5) is 72.9. The molecule has 0 bridgehead atoms. The Balaban J connectivity index is 1.72. The zero-order valence-electron chi connectivity index (χ0n) is 22.8. The molecule has 3 aromatic rings. The molecule has 14 heteroatoms. The van der Waals surface area contributed by atoms with Crippen LogP contribution in [0.2, 0.25) is 0 Å². The van der Waals surface area contributed by atoms with Crippen LogP contribution < -0.4 is 27.4 Å². The predicted octanol–water partition coefficient (Wildman–Crippen LogP) is -0.536. The van der Waals surface area contributed by atoms with Crippen molar-refractivity contribution >= 4 is 40.5 Å². The first-order chi connectivity index (χ1) is 19.5. The first-order valence-electron chi connectivity index (χ1n) is 13.2. The van der Waals surface area contributed by atoms with E-state index in [-0.39, 0.29) is 18.8 Å². The highest BCUT2D eigenvalue weighted by Crippen LogP contribution is 2.19. The summed E-state index contributed by atoms with van der Waals surface area (Å²) in [5, 5.41) is 18.1. The average molecular weight is 569 g/mol. The van der Waals surface area contributed by atoms with Gasteiger partial charge in [0, 0.05) is 41.8 Å². The van der Waals surface area contributed by atoms with E-state index in [2.05, 4.69) is 30.9 Å². The normalized spacial score (nSPS) is 14.8. The fourth-order valence-electron chi connectivity index (χ4n) is 4.35. The Morgan fingerprint density at radius 3 is 2.32 bits per heavy atom. The number of para-hydroxylation sites is 1. The third-order valence-electron chi connectivity index (χ3n) is 6.88. The van der Waals surface area contributed by atoms with Gasteiger partial charge in [-0.1, -0.05) is 38.5 Å². The monoisotopic (exact) mass is 568 g/mol. The molecule has 2 heterocycles. The van der Waals surface area contributed by atoms with Gasteiger partial charge in [-0.05, 0) is 17.5 Å². The molecule has 1 aromatic carbocycles. The number of amides is 4. The minimum Gasteiger partial charge on any atom is -0.480 e. The van der Waals surface area contributed by atoms with Gasteiger partial charge in [-0.25, -0.2) is 9.78 Å². The van der Waals surface area contributed by atoms with Crippen LogP contribution in [0.5, 0.6) is 0 Å². The summed E-state index contributed by atoms with van der Waals surface area (Å²) < 4.78 is 0. The zero-order chi connectivity index (χ0) is 30.1. The molecule has 0 aliphatic rings. The van der Waals surface area contributed by atoms with Crippen LogP contribution in [-0.2, 0) is 36.8 Å². The molecule has 0 saturated heterocycles. The molecular weight excluding hydrogens is 532 g/mol. The van der Waals surface area contributed by atoms with Gasteiger partial charge < -0.3 is 42.5 Å². The predicted molar refractivity (Wildman–Crippen MR) is 149 cm³/mol. The van der Waals surface area contributed by atoms with Gasteiger partial charge in [-0.15, -0.1) is 0 Å². The highest BCUT2D eigenvalue weighted by molar-refractivity contribution is 5.96. The number of fused-ring (bicyclic) bond motifs is 1. The lowest BCUT2D eigenvalue weighted by Crippen LogP contribution is -2.59. The van der Waals surface area contributed by atoms with Crippen molar-refractivity contribution in [3.63, 3.8) is 0 Å². The molecule has 3 rings (SSSR count). The van der Waals surface area contributed by atoms with E-state index in [1.54, 1.807) is 13.1 Å². The van der Waals surface area contributed by atoms with Gasteiger partial charge in [0.1, 0.15) is 18.1 Å². The Morgan fingerprint density at radius 2 is 1.68 bits per heavy atom. The average Bonchev–Trinajstić information content (AvgIpc) is 3.60. The SMILES string of the molecule is CCC(C)C(NC(=O)C(N)Cc1cnc[nH]1)C(=O)NC(CC(N)=O)C(=O)NC(Cc1c[nH]c2ccccc12)C(=O)O. The number of carboxylic acid groups (broad SMARTS) is 1. The number of H-pyrrole nitrogens is 2. The third kappa shape index (κ3) is 8.38. The van der Waals surface area contributed by atoms with Gasteiger partial charge in [0.2, 0.25) is 23.6 Å². The quantitative estimate of drug-likeness (QED) is 0.118. The number of imidazole rings is 1. The number of rotatable bonds is 15. The van der Waals surface area contributed by atoms with E-state index in [0.717, 1.165) is 10.9 Å². The van der Waals surface area contributed by atoms with Crippen molar-refractivity contribution in [2.24, 2.45) is 17.4 Å². The van der Waals surface area contributed by atoms with Crippen molar-refractivity contribution in [2.45, 2.75) is 63.7 Å². The minimum atomic E-state index is -1.48. The van der Waals surface area contributed by atoms with Crippen LogP contribution >= 0.6 is 0 Å². The van der Waals surface area contributed by atoms with Gasteiger partial charge in [-0.2, -0.15) is 0 Å². The lowest BCUT2D eigenvalue weighted by molar-refractivity contribution is -0.142. The molecule has 2 aromatic heterocycles. The Kier molecular flexibility index (Phi) is 10.6. The largest absolute Gasteiger partial charge is 0.480 e. The van der Waals surface area contributed by atoms with Crippen molar-refractivity contribution in [1.82, 2.24) is 30.9 Å². The number of nitrogens with zero attached hydrogens (tertiary/aromatic N) is 1. The summed E-state index contributed by atoms with van der Waals surface area (Å²) in [5.74, 6) is -4.81. The van der Waals surface area contributed by atoms with Crippen molar-refractivity contribution in [3.05, 3.63) is 54.2 Å². The standard InChI is InChI=1S/C27H36N8O6/c1-3-14(2)23(35-24(37)18(28)9-16-12-30-13-32-16)26(39)33-20(10-22(29)36)25(38)34-21(27(40)41)8-15-11-31-19-7-5-4-6-17(15)19/h4-7,11-14,18,20-21,23,31H,3,8-10,28H2,1-2H3,(H2,29,36)(H,30,32)(H,33,39)(H,34,38)(H,35,37)(H,40,41). The second-order valence-electron chi connectivity index (χ2n) is 9.95. The maximum absolute atomic E-state index is 13.3. The number of primary amides is 1. The lowest BCUT2D eigenvalue weighted by Gasteiger charge is -2.27. The number of carbonyl (C=O) groups is 5. The second-order valence-corrected chi connectivity index (χ2v) is 9.95. The smallest absolute Gasteiger partial charge is 0.326 e. The maximum Gasteiger partial charge on any atom is 0.326 e. The van der Waals surface area contributed by atoms with E-state index in [1.807, 2.05) is 31.2 Å². The van der Waals surface area contributed by atoms with Gasteiger partial charge in [-0.3, -0.25) is 19.2 Å². The summed E-state index contributed by atoms with van der Waals surface area (Å²) in [6.07, 6.45) is 4.65. The summed E-state index contributed by atoms with van der Waals surface area (Å²) in [7, 11) is 0. The van der Waals surface area contributed by atoms with Crippen LogP contribution in [0, 0.1) is 5.92 Å². The Morgan fingerprint density at radius 1 is 0.976 bits per heavy atom. The number of carboxylic acids is 1. The van der Waals surface area contributed by atoms with Crippen LogP contribution in [0.25, 0.3) is 10.9 Å². The molecule has 5 unspecified atom stereocenters. The number of nitrogens with two attached hydrogens (primary N) is 2. The van der Waals surface area contributed by atoms with Gasteiger partial charge >= 0.3 is 5.97 Å². The van der Waals surface area contributed by atoms with E-state index in [9.17, 15) is 29.1 Å². The van der Waals surface area contributed by atoms with Crippen LogP contribution in [0.3, 0.4) is 0 Å². The first-order valence-corrected chi connectivity index (χ1v) is 13.2. The van der Waals surface area contributed by atoms with Crippen LogP contribution in [0.4, 0.5) is 0 Å². The molecular formula is C27H36N8O6. The van der Waals surface area contributed by atoms with Crippen LogP contribution in [0.15, 0.2) is 43.0 Å². The second kappa shape index (κ2) is 14.1. The number of aromatic amines is 2.